The molecule has 1 atom stereocenters. The average molecular weight is 322 g/mol. The van der Waals surface area contributed by atoms with Gasteiger partial charge in [0.05, 0.1) is 5.69 Å². The Morgan fingerprint density at radius 2 is 2.20 bits per heavy atom. The van der Waals surface area contributed by atoms with E-state index in [-0.39, 0.29) is 23.3 Å². The highest BCUT2D eigenvalue weighted by Gasteiger charge is 2.31. The van der Waals surface area contributed by atoms with Crippen LogP contribution in [0.4, 0.5) is 10.1 Å². The summed E-state index contributed by atoms with van der Waals surface area (Å²) >= 11 is 5.64. The summed E-state index contributed by atoms with van der Waals surface area (Å²) in [7, 11) is -3.81. The van der Waals surface area contributed by atoms with Crippen molar-refractivity contribution in [1.29, 1.82) is 0 Å². The largest absolute Gasteiger partial charge is 0.329 e. The normalized spacial score (nSPS) is 20.9. The first-order chi connectivity index (χ1) is 9.44. The Hall–Kier alpha value is -0.890. The average Bonchev–Trinajstić information content (AvgIpc) is 2.42. The monoisotopic (exact) mass is 321 g/mol. The van der Waals surface area contributed by atoms with Gasteiger partial charge in [-0.15, -0.1) is 0 Å². The molecule has 1 heterocycles. The predicted molar refractivity (Wildman–Crippen MR) is 77.4 cm³/mol. The standard InChI is InChI=1S/C12H17ClFN3O2S/c13-9-4-5-12(11(14)7-9)16-20(18,19)17-6-2-1-3-10(17)8-15/h4-5,7,10,16H,1-3,6,8,15H2. The van der Waals surface area contributed by atoms with Gasteiger partial charge in [0.15, 0.2) is 0 Å². The van der Waals surface area contributed by atoms with E-state index in [9.17, 15) is 12.8 Å². The van der Waals surface area contributed by atoms with Crippen molar-refractivity contribution in [3.05, 3.63) is 29.0 Å². The van der Waals surface area contributed by atoms with Gasteiger partial charge >= 0.3 is 10.2 Å². The lowest BCUT2D eigenvalue weighted by Gasteiger charge is -2.33. The summed E-state index contributed by atoms with van der Waals surface area (Å²) in [5, 5.41) is 0.211. The zero-order valence-corrected chi connectivity index (χ0v) is 12.4. The van der Waals surface area contributed by atoms with Crippen LogP contribution in [0, 0.1) is 5.82 Å². The number of rotatable bonds is 4. The Morgan fingerprint density at radius 3 is 2.85 bits per heavy atom. The van der Waals surface area contributed by atoms with E-state index in [0.717, 1.165) is 25.3 Å². The van der Waals surface area contributed by atoms with Crippen molar-refractivity contribution in [1.82, 2.24) is 4.31 Å². The third-order valence-corrected chi connectivity index (χ3v) is 5.14. The molecule has 20 heavy (non-hydrogen) atoms. The van der Waals surface area contributed by atoms with Crippen LogP contribution in [-0.4, -0.2) is 31.9 Å². The zero-order valence-electron chi connectivity index (χ0n) is 10.9. The Balaban J connectivity index is 2.21. The molecule has 0 bridgehead atoms. The number of benzene rings is 1. The molecule has 0 aromatic heterocycles. The molecule has 1 aromatic rings. The summed E-state index contributed by atoms with van der Waals surface area (Å²) in [4.78, 5) is 0. The van der Waals surface area contributed by atoms with Crippen LogP contribution < -0.4 is 10.5 Å². The van der Waals surface area contributed by atoms with Gasteiger partial charge in [-0.05, 0) is 31.0 Å². The van der Waals surface area contributed by atoms with E-state index in [1.807, 2.05) is 0 Å². The second-order valence-electron chi connectivity index (χ2n) is 4.73. The lowest BCUT2D eigenvalue weighted by Crippen LogP contribution is -2.49. The van der Waals surface area contributed by atoms with Crippen LogP contribution in [0.15, 0.2) is 18.2 Å². The van der Waals surface area contributed by atoms with E-state index in [0.29, 0.717) is 6.54 Å². The molecule has 5 nitrogen and oxygen atoms in total. The summed E-state index contributed by atoms with van der Waals surface area (Å²) in [6.45, 7) is 0.649. The number of nitrogens with zero attached hydrogens (tertiary/aromatic N) is 1. The zero-order chi connectivity index (χ0) is 14.8. The summed E-state index contributed by atoms with van der Waals surface area (Å²) in [6, 6.07) is 3.56. The van der Waals surface area contributed by atoms with Gasteiger partial charge in [0, 0.05) is 24.2 Å². The lowest BCUT2D eigenvalue weighted by molar-refractivity contribution is 0.259. The molecule has 1 aliphatic heterocycles. The Bertz CT molecular complexity index is 582. The van der Waals surface area contributed by atoms with Crippen LogP contribution in [0.3, 0.4) is 0 Å². The highest BCUT2D eigenvalue weighted by molar-refractivity contribution is 7.90. The maximum atomic E-state index is 13.7. The van der Waals surface area contributed by atoms with Crippen molar-refractivity contribution in [2.24, 2.45) is 5.73 Å². The number of nitrogens with one attached hydrogen (secondary N) is 1. The van der Waals surface area contributed by atoms with E-state index < -0.39 is 16.0 Å². The smallest absolute Gasteiger partial charge is 0.302 e. The van der Waals surface area contributed by atoms with Gasteiger partial charge in [-0.2, -0.15) is 12.7 Å². The molecule has 1 unspecified atom stereocenters. The summed E-state index contributed by atoms with van der Waals surface area (Å²) < 4.78 is 41.9. The molecular weight excluding hydrogens is 305 g/mol. The lowest BCUT2D eigenvalue weighted by atomic mass is 10.1. The highest BCUT2D eigenvalue weighted by Crippen LogP contribution is 2.24. The molecule has 1 aromatic carbocycles. The Labute approximate surface area is 123 Å². The minimum absolute atomic E-state index is 0.115. The predicted octanol–water partition coefficient (Wildman–Crippen LogP) is 1.95. The molecule has 0 aliphatic carbocycles. The number of nitrogens with two attached hydrogens (primary N) is 1. The molecule has 0 amide bonds. The first kappa shape index (κ1) is 15.5. The molecule has 1 fully saturated rings. The van der Waals surface area contributed by atoms with Gasteiger partial charge in [0.1, 0.15) is 5.82 Å². The molecule has 1 aliphatic rings. The SMILES string of the molecule is NCC1CCCCN1S(=O)(=O)Nc1ccc(Cl)cc1F. The fourth-order valence-electron chi connectivity index (χ4n) is 2.30. The number of anilines is 1. The van der Waals surface area contributed by atoms with E-state index in [4.69, 9.17) is 17.3 Å². The summed E-state index contributed by atoms with van der Waals surface area (Å²) in [5.41, 5.74) is 5.49. The molecule has 0 spiro atoms. The van der Waals surface area contributed by atoms with E-state index in [2.05, 4.69) is 4.72 Å². The maximum absolute atomic E-state index is 13.7. The second kappa shape index (κ2) is 6.26. The minimum Gasteiger partial charge on any atom is -0.329 e. The van der Waals surface area contributed by atoms with Gasteiger partial charge < -0.3 is 5.73 Å². The third kappa shape index (κ3) is 3.41. The fraction of sp³-hybridized carbons (Fsp3) is 0.500. The van der Waals surface area contributed by atoms with E-state index in [1.165, 1.54) is 16.4 Å². The summed E-state index contributed by atoms with van der Waals surface area (Å²) in [5.74, 6) is -0.706. The molecular formula is C12H17ClFN3O2S. The number of hydrogen-bond acceptors (Lipinski definition) is 3. The van der Waals surface area contributed by atoms with Crippen LogP contribution in [0.1, 0.15) is 19.3 Å². The van der Waals surface area contributed by atoms with Crippen molar-refractivity contribution in [3.63, 3.8) is 0 Å². The van der Waals surface area contributed by atoms with Gasteiger partial charge in [-0.3, -0.25) is 4.72 Å². The summed E-state index contributed by atoms with van der Waals surface area (Å²) in [6.07, 6.45) is 2.45. The van der Waals surface area contributed by atoms with Crippen LogP contribution in [0.2, 0.25) is 5.02 Å². The van der Waals surface area contributed by atoms with E-state index >= 15 is 0 Å². The Morgan fingerprint density at radius 1 is 1.45 bits per heavy atom. The molecule has 8 heteroatoms. The number of piperidine rings is 1. The number of halogens is 2. The highest BCUT2D eigenvalue weighted by atomic mass is 35.5. The Kier molecular flexibility index (Phi) is 4.85. The molecule has 1 saturated heterocycles. The third-order valence-electron chi connectivity index (χ3n) is 3.32. The van der Waals surface area contributed by atoms with Crippen molar-refractivity contribution < 1.29 is 12.8 Å². The van der Waals surface area contributed by atoms with Gasteiger partial charge in [-0.25, -0.2) is 4.39 Å². The van der Waals surface area contributed by atoms with Crippen LogP contribution in [0.5, 0.6) is 0 Å². The number of hydrogen-bond donors (Lipinski definition) is 2. The van der Waals surface area contributed by atoms with Gasteiger partial charge in [-0.1, -0.05) is 18.0 Å². The fourth-order valence-corrected chi connectivity index (χ4v) is 3.97. The van der Waals surface area contributed by atoms with Crippen molar-refractivity contribution in [2.45, 2.75) is 25.3 Å². The first-order valence-corrected chi connectivity index (χ1v) is 8.20. The van der Waals surface area contributed by atoms with Crippen LogP contribution in [-0.2, 0) is 10.2 Å². The van der Waals surface area contributed by atoms with Crippen molar-refractivity contribution in [2.75, 3.05) is 17.8 Å². The van der Waals surface area contributed by atoms with Crippen molar-refractivity contribution >= 4 is 27.5 Å². The van der Waals surface area contributed by atoms with Gasteiger partial charge in [0.2, 0.25) is 0 Å². The topological polar surface area (TPSA) is 75.4 Å². The van der Waals surface area contributed by atoms with Crippen LogP contribution in [0.25, 0.3) is 0 Å². The van der Waals surface area contributed by atoms with E-state index in [1.54, 1.807) is 0 Å². The second-order valence-corrected chi connectivity index (χ2v) is 6.79. The molecule has 0 saturated carbocycles. The van der Waals surface area contributed by atoms with Gasteiger partial charge in [0.25, 0.3) is 0 Å². The molecule has 3 N–H and O–H groups in total. The molecule has 112 valence electrons. The maximum Gasteiger partial charge on any atom is 0.302 e. The molecule has 2 rings (SSSR count). The minimum atomic E-state index is -3.81. The van der Waals surface area contributed by atoms with Crippen molar-refractivity contribution in [3.8, 4) is 0 Å². The first-order valence-electron chi connectivity index (χ1n) is 6.39. The quantitative estimate of drug-likeness (QED) is 0.890. The molecule has 0 radical (unpaired) electrons. The van der Waals surface area contributed by atoms with Crippen LogP contribution >= 0.6 is 11.6 Å².